The standard InChI is InChI=1S/C19H21NO/c21-15-17-9-10-19-18(14-17)11-13-20(19)12-5-4-8-16-6-2-1-3-7-16/h1-3,6-7,9-11,13-14,21H,4-5,8,12,15H2. The van der Waals surface area contributed by atoms with Crippen LogP contribution in [0.2, 0.25) is 0 Å². The number of rotatable bonds is 6. The van der Waals surface area contributed by atoms with E-state index in [-0.39, 0.29) is 6.61 Å². The molecule has 2 nitrogen and oxygen atoms in total. The number of aliphatic hydroxyl groups is 1. The number of aliphatic hydroxyl groups excluding tert-OH is 1. The van der Waals surface area contributed by atoms with E-state index < -0.39 is 0 Å². The highest BCUT2D eigenvalue weighted by Gasteiger charge is 2.02. The van der Waals surface area contributed by atoms with E-state index in [0.717, 1.165) is 18.5 Å². The van der Waals surface area contributed by atoms with Gasteiger partial charge in [-0.15, -0.1) is 0 Å². The Bertz CT molecular complexity index is 700. The van der Waals surface area contributed by atoms with Crippen LogP contribution in [0.15, 0.2) is 60.8 Å². The Morgan fingerprint density at radius 2 is 1.71 bits per heavy atom. The average molecular weight is 279 g/mol. The van der Waals surface area contributed by atoms with E-state index >= 15 is 0 Å². The molecular weight excluding hydrogens is 258 g/mol. The molecule has 0 aliphatic heterocycles. The summed E-state index contributed by atoms with van der Waals surface area (Å²) in [5.74, 6) is 0. The Hall–Kier alpha value is -2.06. The number of aryl methyl sites for hydroxylation is 2. The molecule has 0 fully saturated rings. The van der Waals surface area contributed by atoms with Gasteiger partial charge in [-0.2, -0.15) is 0 Å². The van der Waals surface area contributed by atoms with Crippen molar-refractivity contribution in [1.82, 2.24) is 4.57 Å². The zero-order valence-electron chi connectivity index (χ0n) is 12.2. The first kappa shape index (κ1) is 13.9. The van der Waals surface area contributed by atoms with E-state index in [1.54, 1.807) is 0 Å². The van der Waals surface area contributed by atoms with Crippen molar-refractivity contribution >= 4 is 10.9 Å². The van der Waals surface area contributed by atoms with Gasteiger partial charge < -0.3 is 9.67 Å². The van der Waals surface area contributed by atoms with Gasteiger partial charge in [0.25, 0.3) is 0 Å². The van der Waals surface area contributed by atoms with Gasteiger partial charge in [-0.1, -0.05) is 36.4 Å². The first-order valence-corrected chi connectivity index (χ1v) is 7.59. The summed E-state index contributed by atoms with van der Waals surface area (Å²) < 4.78 is 2.31. The van der Waals surface area contributed by atoms with E-state index in [1.165, 1.54) is 29.3 Å². The zero-order chi connectivity index (χ0) is 14.5. The Morgan fingerprint density at radius 1 is 0.857 bits per heavy atom. The molecule has 0 aliphatic rings. The summed E-state index contributed by atoms with van der Waals surface area (Å²) in [5, 5.41) is 10.4. The second-order valence-electron chi connectivity index (χ2n) is 5.50. The van der Waals surface area contributed by atoms with E-state index in [1.807, 2.05) is 6.07 Å². The van der Waals surface area contributed by atoms with E-state index in [2.05, 4.69) is 59.3 Å². The quantitative estimate of drug-likeness (QED) is 0.673. The molecule has 3 rings (SSSR count). The van der Waals surface area contributed by atoms with Crippen LogP contribution < -0.4 is 0 Å². The van der Waals surface area contributed by atoms with Crippen LogP contribution in [0.4, 0.5) is 0 Å². The predicted molar refractivity (Wildman–Crippen MR) is 87.2 cm³/mol. The van der Waals surface area contributed by atoms with Crippen molar-refractivity contribution in [2.24, 2.45) is 0 Å². The highest BCUT2D eigenvalue weighted by molar-refractivity contribution is 5.80. The van der Waals surface area contributed by atoms with Crippen LogP contribution in [0.3, 0.4) is 0 Å². The number of aromatic nitrogens is 1. The summed E-state index contributed by atoms with van der Waals surface area (Å²) in [4.78, 5) is 0. The third-order valence-electron chi connectivity index (χ3n) is 3.98. The van der Waals surface area contributed by atoms with Gasteiger partial charge in [0.05, 0.1) is 6.61 Å². The molecule has 2 aromatic carbocycles. The lowest BCUT2D eigenvalue weighted by Crippen LogP contribution is -1.97. The molecule has 1 N–H and O–H groups in total. The van der Waals surface area contributed by atoms with Crippen molar-refractivity contribution in [1.29, 1.82) is 0 Å². The number of nitrogens with zero attached hydrogens (tertiary/aromatic N) is 1. The summed E-state index contributed by atoms with van der Waals surface area (Å²) in [6.07, 6.45) is 5.68. The fraction of sp³-hybridized carbons (Fsp3) is 0.263. The van der Waals surface area contributed by atoms with Crippen LogP contribution in [0.25, 0.3) is 10.9 Å². The molecule has 0 spiro atoms. The first-order chi connectivity index (χ1) is 10.4. The van der Waals surface area contributed by atoms with Crippen LogP contribution in [0, 0.1) is 0 Å². The third-order valence-corrected chi connectivity index (χ3v) is 3.98. The Balaban J connectivity index is 1.58. The fourth-order valence-corrected chi connectivity index (χ4v) is 2.80. The van der Waals surface area contributed by atoms with E-state index in [0.29, 0.717) is 0 Å². The second kappa shape index (κ2) is 6.59. The second-order valence-corrected chi connectivity index (χ2v) is 5.50. The minimum atomic E-state index is 0.109. The van der Waals surface area contributed by atoms with E-state index in [4.69, 9.17) is 0 Å². The molecular formula is C19H21NO. The van der Waals surface area contributed by atoms with Gasteiger partial charge in [0, 0.05) is 18.3 Å². The maximum atomic E-state index is 9.18. The van der Waals surface area contributed by atoms with Gasteiger partial charge in [0.1, 0.15) is 0 Å². The Labute approximate surface area is 125 Å². The number of hydrogen-bond acceptors (Lipinski definition) is 1. The average Bonchev–Trinajstić information content (AvgIpc) is 2.95. The van der Waals surface area contributed by atoms with Gasteiger partial charge in [0.2, 0.25) is 0 Å². The number of unbranched alkanes of at least 4 members (excludes halogenated alkanes) is 1. The molecule has 3 aromatic rings. The number of fused-ring (bicyclic) bond motifs is 1. The highest BCUT2D eigenvalue weighted by Crippen LogP contribution is 2.18. The normalized spacial score (nSPS) is 11.1. The van der Waals surface area contributed by atoms with Crippen molar-refractivity contribution in [2.75, 3.05) is 0 Å². The molecule has 1 heterocycles. The summed E-state index contributed by atoms with van der Waals surface area (Å²) in [6, 6.07) is 19.0. The van der Waals surface area contributed by atoms with Crippen LogP contribution >= 0.6 is 0 Å². The van der Waals surface area contributed by atoms with Crippen molar-refractivity contribution in [3.63, 3.8) is 0 Å². The topological polar surface area (TPSA) is 25.2 Å². The molecule has 0 atom stereocenters. The van der Waals surface area contributed by atoms with Crippen molar-refractivity contribution in [3.05, 3.63) is 71.9 Å². The number of benzene rings is 2. The lowest BCUT2D eigenvalue weighted by atomic mass is 10.1. The molecule has 0 saturated heterocycles. The highest BCUT2D eigenvalue weighted by atomic mass is 16.3. The van der Waals surface area contributed by atoms with Crippen LogP contribution in [0.1, 0.15) is 24.0 Å². The lowest BCUT2D eigenvalue weighted by molar-refractivity contribution is 0.282. The molecule has 0 amide bonds. The molecule has 0 saturated carbocycles. The zero-order valence-corrected chi connectivity index (χ0v) is 12.2. The van der Waals surface area contributed by atoms with Crippen LogP contribution in [0.5, 0.6) is 0 Å². The molecule has 0 aliphatic carbocycles. The molecule has 21 heavy (non-hydrogen) atoms. The van der Waals surface area contributed by atoms with Crippen molar-refractivity contribution in [2.45, 2.75) is 32.4 Å². The molecule has 108 valence electrons. The van der Waals surface area contributed by atoms with Crippen molar-refractivity contribution in [3.8, 4) is 0 Å². The minimum Gasteiger partial charge on any atom is -0.392 e. The summed E-state index contributed by atoms with van der Waals surface area (Å²) in [7, 11) is 0. The maximum Gasteiger partial charge on any atom is 0.0682 e. The van der Waals surface area contributed by atoms with Gasteiger partial charge in [0.15, 0.2) is 0 Å². The van der Waals surface area contributed by atoms with E-state index in [9.17, 15) is 5.11 Å². The van der Waals surface area contributed by atoms with Gasteiger partial charge >= 0.3 is 0 Å². The largest absolute Gasteiger partial charge is 0.392 e. The molecule has 0 bridgehead atoms. The Kier molecular flexibility index (Phi) is 4.37. The fourth-order valence-electron chi connectivity index (χ4n) is 2.80. The third kappa shape index (κ3) is 3.34. The molecule has 1 aromatic heterocycles. The van der Waals surface area contributed by atoms with Gasteiger partial charge in [-0.25, -0.2) is 0 Å². The SMILES string of the molecule is OCc1ccc2c(ccn2CCCCc2ccccc2)c1. The van der Waals surface area contributed by atoms with Crippen LogP contribution in [-0.4, -0.2) is 9.67 Å². The summed E-state index contributed by atoms with van der Waals surface area (Å²) >= 11 is 0. The number of hydrogen-bond donors (Lipinski definition) is 1. The van der Waals surface area contributed by atoms with Crippen LogP contribution in [-0.2, 0) is 19.6 Å². The summed E-state index contributed by atoms with van der Waals surface area (Å²) in [6.45, 7) is 1.16. The molecule has 2 heteroatoms. The smallest absolute Gasteiger partial charge is 0.0682 e. The van der Waals surface area contributed by atoms with Gasteiger partial charge in [-0.3, -0.25) is 0 Å². The monoisotopic (exact) mass is 279 g/mol. The summed E-state index contributed by atoms with van der Waals surface area (Å²) in [5.41, 5.74) is 3.65. The predicted octanol–water partition coefficient (Wildman–Crippen LogP) is 4.16. The maximum absolute atomic E-state index is 9.18. The molecule has 0 radical (unpaired) electrons. The Morgan fingerprint density at radius 3 is 2.52 bits per heavy atom. The first-order valence-electron chi connectivity index (χ1n) is 7.59. The van der Waals surface area contributed by atoms with Crippen molar-refractivity contribution < 1.29 is 5.11 Å². The van der Waals surface area contributed by atoms with Gasteiger partial charge in [-0.05, 0) is 54.0 Å². The minimum absolute atomic E-state index is 0.109. The lowest BCUT2D eigenvalue weighted by Gasteiger charge is -2.06. The molecule has 0 unspecified atom stereocenters.